The molecule has 1 heterocycles. The molecule has 0 saturated heterocycles. The number of nitrogens with zero attached hydrogens (tertiary/aromatic N) is 3. The molecule has 192 valence electrons. The van der Waals surface area contributed by atoms with Gasteiger partial charge in [0.1, 0.15) is 6.54 Å². The molecule has 2 aromatic carbocycles. The van der Waals surface area contributed by atoms with Crippen LogP contribution in [0.5, 0.6) is 0 Å². The molecule has 13 heteroatoms. The average molecular weight is 589 g/mol. The van der Waals surface area contributed by atoms with E-state index in [4.69, 9.17) is 22.1 Å². The van der Waals surface area contributed by atoms with Crippen LogP contribution in [0.3, 0.4) is 0 Å². The molecular formula is C23H22BrClF3N5O3. The number of aromatic nitrogens is 3. The van der Waals surface area contributed by atoms with E-state index < -0.39 is 35.9 Å². The lowest BCUT2D eigenvalue weighted by Gasteiger charge is -2.22. The number of benzene rings is 2. The molecule has 0 bridgehead atoms. The van der Waals surface area contributed by atoms with E-state index in [1.807, 2.05) is 0 Å². The van der Waals surface area contributed by atoms with Gasteiger partial charge in [-0.3, -0.25) is 9.36 Å². The fourth-order valence-corrected chi connectivity index (χ4v) is 4.40. The van der Waals surface area contributed by atoms with E-state index in [-0.39, 0.29) is 31.3 Å². The van der Waals surface area contributed by atoms with Crippen LogP contribution >= 0.6 is 27.5 Å². The Morgan fingerprint density at radius 2 is 2.03 bits per heavy atom. The van der Waals surface area contributed by atoms with Gasteiger partial charge in [0, 0.05) is 21.6 Å². The van der Waals surface area contributed by atoms with Gasteiger partial charge in [-0.1, -0.05) is 35.9 Å². The lowest BCUT2D eigenvalue weighted by atomic mass is 10.00. The highest BCUT2D eigenvalue weighted by Crippen LogP contribution is 2.34. The monoisotopic (exact) mass is 587 g/mol. The Morgan fingerprint density at radius 3 is 2.67 bits per heavy atom. The Kier molecular flexibility index (Phi) is 9.12. The average Bonchev–Trinajstić information content (AvgIpc) is 3.11. The van der Waals surface area contributed by atoms with Crippen LogP contribution in [-0.2, 0) is 28.8 Å². The predicted octanol–water partition coefficient (Wildman–Crippen LogP) is 4.12. The SMILES string of the molecule is C=CCn1c(-c2ccc(Cl)cc2Br)nn(CC(=O)NC(COCN)c2ccccc2C(F)(F)F)c1=O. The van der Waals surface area contributed by atoms with Crippen LogP contribution < -0.4 is 16.7 Å². The first-order valence-corrected chi connectivity index (χ1v) is 11.7. The fraction of sp³-hybridized carbons (Fsp3) is 0.261. The van der Waals surface area contributed by atoms with E-state index in [2.05, 4.69) is 32.9 Å². The van der Waals surface area contributed by atoms with Gasteiger partial charge in [0.15, 0.2) is 5.82 Å². The molecular weight excluding hydrogens is 567 g/mol. The Bertz CT molecular complexity index is 1310. The van der Waals surface area contributed by atoms with Crippen molar-refractivity contribution >= 4 is 33.4 Å². The van der Waals surface area contributed by atoms with Crippen molar-refractivity contribution < 1.29 is 22.7 Å². The minimum absolute atomic E-state index is 0.108. The van der Waals surface area contributed by atoms with Crippen LogP contribution in [0.2, 0.25) is 5.02 Å². The number of allylic oxidation sites excluding steroid dienone is 1. The molecule has 1 amide bonds. The van der Waals surface area contributed by atoms with E-state index >= 15 is 0 Å². The van der Waals surface area contributed by atoms with Gasteiger partial charge >= 0.3 is 11.9 Å². The van der Waals surface area contributed by atoms with Gasteiger partial charge in [-0.05, 0) is 45.8 Å². The number of carbonyl (C=O) groups excluding carboxylic acids is 1. The molecule has 0 aliphatic carbocycles. The Labute approximate surface area is 217 Å². The summed E-state index contributed by atoms with van der Waals surface area (Å²) >= 11 is 9.39. The maximum absolute atomic E-state index is 13.5. The summed E-state index contributed by atoms with van der Waals surface area (Å²) in [6.07, 6.45) is -3.15. The zero-order valence-corrected chi connectivity index (χ0v) is 21.1. The summed E-state index contributed by atoms with van der Waals surface area (Å²) in [6.45, 7) is 2.64. The molecule has 3 aromatic rings. The van der Waals surface area contributed by atoms with Gasteiger partial charge in [-0.25, -0.2) is 9.48 Å². The Morgan fingerprint density at radius 1 is 1.31 bits per heavy atom. The Balaban J connectivity index is 1.92. The molecule has 1 atom stereocenters. The van der Waals surface area contributed by atoms with Crippen LogP contribution in [0.15, 0.2) is 64.4 Å². The summed E-state index contributed by atoms with van der Waals surface area (Å²) in [6, 6.07) is 8.56. The predicted molar refractivity (Wildman–Crippen MR) is 132 cm³/mol. The normalized spacial score (nSPS) is 12.4. The molecule has 0 aliphatic heterocycles. The van der Waals surface area contributed by atoms with Gasteiger partial charge < -0.3 is 15.8 Å². The Hall–Kier alpha value is -2.93. The van der Waals surface area contributed by atoms with Gasteiger partial charge in [0.2, 0.25) is 5.91 Å². The highest BCUT2D eigenvalue weighted by molar-refractivity contribution is 9.10. The van der Waals surface area contributed by atoms with Crippen LogP contribution in [-0.4, -0.2) is 33.6 Å². The zero-order valence-electron chi connectivity index (χ0n) is 18.8. The van der Waals surface area contributed by atoms with Crippen molar-refractivity contribution in [1.82, 2.24) is 19.7 Å². The van der Waals surface area contributed by atoms with Crippen molar-refractivity contribution in [2.75, 3.05) is 13.3 Å². The summed E-state index contributed by atoms with van der Waals surface area (Å²) in [5.74, 6) is -0.494. The van der Waals surface area contributed by atoms with Crippen LogP contribution in [0.25, 0.3) is 11.4 Å². The van der Waals surface area contributed by atoms with Crippen molar-refractivity contribution in [3.8, 4) is 11.4 Å². The molecule has 0 spiro atoms. The molecule has 0 radical (unpaired) electrons. The molecule has 36 heavy (non-hydrogen) atoms. The summed E-state index contributed by atoms with van der Waals surface area (Å²) < 4.78 is 48.6. The van der Waals surface area contributed by atoms with Crippen molar-refractivity contribution in [1.29, 1.82) is 0 Å². The lowest BCUT2D eigenvalue weighted by Crippen LogP contribution is -2.38. The number of halogens is 5. The molecule has 0 aliphatic rings. The van der Waals surface area contributed by atoms with E-state index in [1.54, 1.807) is 18.2 Å². The summed E-state index contributed by atoms with van der Waals surface area (Å²) in [5.41, 5.74) is 4.17. The maximum atomic E-state index is 13.5. The number of hydrogen-bond acceptors (Lipinski definition) is 5. The summed E-state index contributed by atoms with van der Waals surface area (Å²) in [4.78, 5) is 25.8. The molecule has 3 rings (SSSR count). The molecule has 3 N–H and O–H groups in total. The third kappa shape index (κ3) is 6.44. The van der Waals surface area contributed by atoms with E-state index in [1.165, 1.54) is 28.8 Å². The largest absolute Gasteiger partial charge is 0.416 e. The van der Waals surface area contributed by atoms with Crippen LogP contribution in [0.1, 0.15) is 17.2 Å². The number of nitrogens with two attached hydrogens (primary N) is 1. The minimum Gasteiger partial charge on any atom is -0.364 e. The van der Waals surface area contributed by atoms with Crippen LogP contribution in [0, 0.1) is 0 Å². The molecule has 1 unspecified atom stereocenters. The number of ether oxygens (including phenoxy) is 1. The second-order valence-electron chi connectivity index (χ2n) is 7.53. The van der Waals surface area contributed by atoms with E-state index in [0.717, 1.165) is 10.7 Å². The number of rotatable bonds is 10. The van der Waals surface area contributed by atoms with Gasteiger partial charge in [0.25, 0.3) is 0 Å². The number of nitrogens with one attached hydrogen (secondary N) is 1. The first-order chi connectivity index (χ1) is 17.1. The van der Waals surface area contributed by atoms with Gasteiger partial charge in [-0.2, -0.15) is 13.2 Å². The third-order valence-corrected chi connectivity index (χ3v) is 5.97. The summed E-state index contributed by atoms with van der Waals surface area (Å²) in [5, 5.41) is 7.25. The van der Waals surface area contributed by atoms with Crippen molar-refractivity contribution in [2.45, 2.75) is 25.3 Å². The topological polar surface area (TPSA) is 104 Å². The number of carbonyl (C=O) groups is 1. The highest BCUT2D eigenvalue weighted by Gasteiger charge is 2.35. The number of amides is 1. The second-order valence-corrected chi connectivity index (χ2v) is 8.82. The van der Waals surface area contributed by atoms with Crippen molar-refractivity contribution in [3.63, 3.8) is 0 Å². The molecule has 1 aromatic heterocycles. The third-order valence-electron chi connectivity index (χ3n) is 5.08. The van der Waals surface area contributed by atoms with Gasteiger partial charge in [-0.15, -0.1) is 11.7 Å². The van der Waals surface area contributed by atoms with Crippen molar-refractivity contribution in [3.05, 3.63) is 86.2 Å². The minimum atomic E-state index is -4.65. The number of hydrogen-bond donors (Lipinski definition) is 2. The van der Waals surface area contributed by atoms with E-state index in [9.17, 15) is 22.8 Å². The fourth-order valence-electron chi connectivity index (χ4n) is 3.54. The molecule has 8 nitrogen and oxygen atoms in total. The number of alkyl halides is 3. The molecule has 0 fully saturated rings. The first kappa shape index (κ1) is 27.7. The zero-order chi connectivity index (χ0) is 26.5. The van der Waals surface area contributed by atoms with E-state index in [0.29, 0.717) is 15.1 Å². The summed E-state index contributed by atoms with van der Waals surface area (Å²) in [7, 11) is 0. The van der Waals surface area contributed by atoms with Crippen molar-refractivity contribution in [2.24, 2.45) is 5.73 Å². The highest BCUT2D eigenvalue weighted by atomic mass is 79.9. The van der Waals surface area contributed by atoms with Crippen LogP contribution in [0.4, 0.5) is 13.2 Å². The van der Waals surface area contributed by atoms with Gasteiger partial charge in [0.05, 0.1) is 24.9 Å². The second kappa shape index (κ2) is 11.9. The maximum Gasteiger partial charge on any atom is 0.416 e. The molecule has 0 saturated carbocycles. The first-order valence-electron chi connectivity index (χ1n) is 10.5. The quantitative estimate of drug-likeness (QED) is 0.274. The standard InChI is InChI=1S/C23H22BrClF3N5O3/c1-2-9-32-21(16-8-7-14(25)10-18(16)24)31-33(22(32)35)11-20(34)30-19(12-36-13-29)15-5-3-4-6-17(15)23(26,27)28/h2-8,10,19H,1,9,11-13,29H2,(H,30,34). The smallest absolute Gasteiger partial charge is 0.364 e. The lowest BCUT2D eigenvalue weighted by molar-refractivity contribution is -0.139.